The van der Waals surface area contributed by atoms with Crippen LogP contribution in [0, 0.1) is 12.8 Å². The molecule has 0 saturated carbocycles. The van der Waals surface area contributed by atoms with E-state index in [9.17, 15) is 18.0 Å². The van der Waals surface area contributed by atoms with Gasteiger partial charge in [-0.15, -0.1) is 0 Å². The topological polar surface area (TPSA) is 83.6 Å². The van der Waals surface area contributed by atoms with Crippen LogP contribution in [0.2, 0.25) is 0 Å². The highest BCUT2D eigenvalue weighted by Gasteiger charge is 2.30. The molecule has 32 heavy (non-hydrogen) atoms. The molecule has 0 radical (unpaired) electrons. The molecule has 4 rings (SSSR count). The number of nitrogens with zero attached hydrogens (tertiary/aromatic N) is 1. The Hall–Kier alpha value is -3.19. The van der Waals surface area contributed by atoms with Crippen LogP contribution in [0.15, 0.2) is 65.6 Å². The first-order valence-electron chi connectivity index (χ1n) is 10.6. The van der Waals surface area contributed by atoms with Crippen LogP contribution in [0.5, 0.6) is 0 Å². The van der Waals surface area contributed by atoms with Gasteiger partial charge >= 0.3 is 0 Å². The van der Waals surface area contributed by atoms with E-state index in [0.29, 0.717) is 30.8 Å². The fraction of sp³-hybridized carbons (Fsp3) is 0.280. The van der Waals surface area contributed by atoms with Crippen molar-refractivity contribution in [2.24, 2.45) is 5.92 Å². The summed E-state index contributed by atoms with van der Waals surface area (Å²) >= 11 is 0. The second kappa shape index (κ2) is 8.74. The van der Waals surface area contributed by atoms with Crippen LogP contribution < -0.4 is 5.32 Å². The van der Waals surface area contributed by atoms with Gasteiger partial charge in [-0.1, -0.05) is 42.5 Å². The second-order valence-electron chi connectivity index (χ2n) is 8.36. The normalized spacial score (nSPS) is 16.7. The quantitative estimate of drug-likeness (QED) is 0.650. The van der Waals surface area contributed by atoms with Crippen LogP contribution in [-0.2, 0) is 14.6 Å². The molecule has 1 unspecified atom stereocenters. The van der Waals surface area contributed by atoms with Crippen molar-refractivity contribution in [2.45, 2.75) is 24.7 Å². The predicted octanol–water partition coefficient (Wildman–Crippen LogP) is 4.04. The van der Waals surface area contributed by atoms with Gasteiger partial charge in [0.2, 0.25) is 5.91 Å². The molecular weight excluding hydrogens is 424 g/mol. The number of sulfone groups is 1. The zero-order chi connectivity index (χ0) is 22.9. The van der Waals surface area contributed by atoms with Gasteiger partial charge in [0.1, 0.15) is 0 Å². The van der Waals surface area contributed by atoms with Gasteiger partial charge in [-0.2, -0.15) is 0 Å². The lowest BCUT2D eigenvalue weighted by atomic mass is 9.95. The number of hydrogen-bond donors (Lipinski definition) is 1. The highest BCUT2D eigenvalue weighted by molar-refractivity contribution is 7.90. The van der Waals surface area contributed by atoms with Gasteiger partial charge in [0.05, 0.1) is 10.8 Å². The Morgan fingerprint density at radius 1 is 1.03 bits per heavy atom. The number of likely N-dealkylation sites (tertiary alicyclic amines) is 1. The van der Waals surface area contributed by atoms with E-state index in [4.69, 9.17) is 0 Å². The highest BCUT2D eigenvalue weighted by atomic mass is 32.2. The third-order valence-electron chi connectivity index (χ3n) is 5.99. The lowest BCUT2D eigenvalue weighted by Gasteiger charge is -2.32. The molecule has 1 atom stereocenters. The second-order valence-corrected chi connectivity index (χ2v) is 10.4. The van der Waals surface area contributed by atoms with Gasteiger partial charge in [-0.05, 0) is 54.3 Å². The number of carbonyl (C=O) groups is 2. The van der Waals surface area contributed by atoms with E-state index in [-0.39, 0.29) is 22.6 Å². The van der Waals surface area contributed by atoms with Crippen molar-refractivity contribution in [3.63, 3.8) is 0 Å². The van der Waals surface area contributed by atoms with Gasteiger partial charge in [0.15, 0.2) is 9.84 Å². The largest absolute Gasteiger partial charge is 0.338 e. The minimum absolute atomic E-state index is 0.0745. The average molecular weight is 451 g/mol. The summed E-state index contributed by atoms with van der Waals surface area (Å²) in [5.74, 6) is -0.632. The number of hydrogen-bond acceptors (Lipinski definition) is 4. The maximum atomic E-state index is 13.3. The summed E-state index contributed by atoms with van der Waals surface area (Å²) < 4.78 is 23.7. The maximum absolute atomic E-state index is 13.3. The molecule has 2 amide bonds. The zero-order valence-corrected chi connectivity index (χ0v) is 19.0. The number of amides is 2. The Labute approximate surface area is 188 Å². The highest BCUT2D eigenvalue weighted by Crippen LogP contribution is 2.26. The van der Waals surface area contributed by atoms with Crippen LogP contribution in [0.1, 0.15) is 28.8 Å². The van der Waals surface area contributed by atoms with Crippen molar-refractivity contribution in [1.29, 1.82) is 0 Å². The van der Waals surface area contributed by atoms with Gasteiger partial charge < -0.3 is 10.2 Å². The van der Waals surface area contributed by atoms with Crippen LogP contribution >= 0.6 is 0 Å². The Kier molecular flexibility index (Phi) is 6.02. The minimum atomic E-state index is -3.38. The van der Waals surface area contributed by atoms with E-state index in [1.165, 1.54) is 12.1 Å². The molecule has 1 N–H and O–H groups in total. The molecule has 0 aliphatic carbocycles. The van der Waals surface area contributed by atoms with E-state index in [0.717, 1.165) is 29.0 Å². The van der Waals surface area contributed by atoms with E-state index >= 15 is 0 Å². The van der Waals surface area contributed by atoms with Crippen LogP contribution in [0.25, 0.3) is 10.8 Å². The van der Waals surface area contributed by atoms with Crippen molar-refractivity contribution in [1.82, 2.24) is 4.90 Å². The summed E-state index contributed by atoms with van der Waals surface area (Å²) in [6.45, 7) is 2.76. The zero-order valence-electron chi connectivity index (χ0n) is 18.2. The lowest BCUT2D eigenvalue weighted by Crippen LogP contribution is -2.43. The summed E-state index contributed by atoms with van der Waals surface area (Å²) in [5.41, 5.74) is 1.90. The molecular formula is C25H26N2O4S. The smallest absolute Gasteiger partial charge is 0.254 e. The number of rotatable bonds is 4. The van der Waals surface area contributed by atoms with Crippen molar-refractivity contribution in [3.8, 4) is 0 Å². The number of anilines is 1. The molecule has 3 aromatic rings. The van der Waals surface area contributed by atoms with E-state index in [1.54, 1.807) is 11.0 Å². The fourth-order valence-corrected chi connectivity index (χ4v) is 4.81. The first-order chi connectivity index (χ1) is 15.2. The molecule has 166 valence electrons. The Morgan fingerprint density at radius 2 is 1.78 bits per heavy atom. The van der Waals surface area contributed by atoms with Gasteiger partial charge in [0, 0.05) is 30.6 Å². The molecule has 1 aliphatic rings. The minimum Gasteiger partial charge on any atom is -0.338 e. The Balaban J connectivity index is 1.52. The number of benzene rings is 3. The van der Waals surface area contributed by atoms with Crippen LogP contribution in [-0.4, -0.2) is 44.5 Å². The maximum Gasteiger partial charge on any atom is 0.254 e. The van der Waals surface area contributed by atoms with Crippen molar-refractivity contribution in [2.75, 3.05) is 24.7 Å². The lowest BCUT2D eigenvalue weighted by molar-refractivity contribution is -0.121. The molecule has 1 aliphatic heterocycles. The van der Waals surface area contributed by atoms with E-state index < -0.39 is 9.84 Å². The fourth-order valence-electron chi connectivity index (χ4n) is 4.16. The summed E-state index contributed by atoms with van der Waals surface area (Å²) in [6.07, 6.45) is 2.55. The molecule has 1 fully saturated rings. The summed E-state index contributed by atoms with van der Waals surface area (Å²) in [5, 5.41) is 4.79. The third-order valence-corrected chi connectivity index (χ3v) is 7.10. The van der Waals surface area contributed by atoms with Crippen molar-refractivity contribution >= 4 is 38.1 Å². The first kappa shape index (κ1) is 22.0. The molecule has 1 saturated heterocycles. The molecule has 0 spiro atoms. The van der Waals surface area contributed by atoms with Crippen molar-refractivity contribution < 1.29 is 18.0 Å². The van der Waals surface area contributed by atoms with Crippen molar-refractivity contribution in [3.05, 3.63) is 71.8 Å². The molecule has 6 nitrogen and oxygen atoms in total. The number of piperidine rings is 1. The molecule has 3 aromatic carbocycles. The molecule has 7 heteroatoms. The summed E-state index contributed by atoms with van der Waals surface area (Å²) in [4.78, 5) is 28.2. The SMILES string of the molecule is Cc1ccc(S(C)(=O)=O)cc1NC(=O)C1CCCN(C(=O)c2cccc3ccccc23)C1. The number of fused-ring (bicyclic) bond motifs is 1. The summed E-state index contributed by atoms with van der Waals surface area (Å²) in [6, 6.07) is 18.2. The van der Waals surface area contributed by atoms with Crippen LogP contribution in [0.4, 0.5) is 5.69 Å². The van der Waals surface area contributed by atoms with Gasteiger partial charge in [-0.3, -0.25) is 9.59 Å². The Bertz CT molecular complexity index is 1300. The molecule has 1 heterocycles. The number of aryl methyl sites for hydroxylation is 1. The van der Waals surface area contributed by atoms with Gasteiger partial charge in [-0.25, -0.2) is 8.42 Å². The average Bonchev–Trinajstić information content (AvgIpc) is 2.79. The molecule has 0 aromatic heterocycles. The predicted molar refractivity (Wildman–Crippen MR) is 125 cm³/mol. The number of nitrogens with one attached hydrogen (secondary N) is 1. The first-order valence-corrected chi connectivity index (χ1v) is 12.5. The number of carbonyl (C=O) groups excluding carboxylic acids is 2. The van der Waals surface area contributed by atoms with E-state index in [2.05, 4.69) is 5.32 Å². The standard InChI is InChI=1S/C25H26N2O4S/c1-17-12-13-20(32(2,30)31)15-23(17)26-24(28)19-9-6-14-27(16-19)25(29)22-11-5-8-18-7-3-4-10-21(18)22/h3-5,7-8,10-13,15,19H,6,9,14,16H2,1-2H3,(H,26,28). The van der Waals surface area contributed by atoms with Gasteiger partial charge in [0.25, 0.3) is 5.91 Å². The molecule has 0 bridgehead atoms. The Morgan fingerprint density at radius 3 is 2.56 bits per heavy atom. The van der Waals surface area contributed by atoms with E-state index in [1.807, 2.05) is 49.4 Å². The third kappa shape index (κ3) is 4.53. The summed E-state index contributed by atoms with van der Waals surface area (Å²) in [7, 11) is -3.38. The van der Waals surface area contributed by atoms with Crippen LogP contribution in [0.3, 0.4) is 0 Å². The monoisotopic (exact) mass is 450 g/mol.